The maximum atomic E-state index is 5.66. The molecule has 0 aliphatic rings. The van der Waals surface area contributed by atoms with Gasteiger partial charge in [-0.25, -0.2) is 0 Å². The van der Waals surface area contributed by atoms with Crippen LogP contribution in [0.2, 0.25) is 0 Å². The van der Waals surface area contributed by atoms with Crippen LogP contribution >= 0.6 is 6.72 Å². The van der Waals surface area contributed by atoms with Crippen LogP contribution < -0.4 is 0 Å². The molecule has 0 amide bonds. The van der Waals surface area contributed by atoms with Crippen molar-refractivity contribution in [2.45, 2.75) is 6.92 Å². The van der Waals surface area contributed by atoms with Crippen LogP contribution in [0, 0.1) is 0 Å². The van der Waals surface area contributed by atoms with Crippen LogP contribution in [-0.4, -0.2) is 79.3 Å². The van der Waals surface area contributed by atoms with Crippen LogP contribution in [-0.2, 0) is 51.9 Å². The molecule has 0 heterocycles. The summed E-state index contributed by atoms with van der Waals surface area (Å²) < 4.78 is 48.5. The Balaban J connectivity index is 4.96. The quantitative estimate of drug-likeness (QED) is 0.307. The van der Waals surface area contributed by atoms with E-state index in [4.69, 9.17) is 51.9 Å². The molecule has 9 nitrogen and oxygen atoms in total. The first-order valence-corrected chi connectivity index (χ1v) is 13.1. The van der Waals surface area contributed by atoms with Gasteiger partial charge in [0.25, 0.3) is 0 Å². The van der Waals surface area contributed by atoms with Gasteiger partial charge in [0.15, 0.2) is 0 Å². The highest BCUT2D eigenvalue weighted by molar-refractivity contribution is 8.07. The fourth-order valence-electron chi connectivity index (χ4n) is 1.44. The molecule has 0 saturated heterocycles. The third-order valence-corrected chi connectivity index (χ3v) is 10.6. The first-order valence-electron chi connectivity index (χ1n) is 6.68. The van der Waals surface area contributed by atoms with E-state index < -0.39 is 24.3 Å². The van der Waals surface area contributed by atoms with E-state index >= 15 is 0 Å². The van der Waals surface area contributed by atoms with Crippen molar-refractivity contribution < 1.29 is 40.1 Å². The summed E-state index contributed by atoms with van der Waals surface area (Å²) in [6, 6.07) is 0. The third kappa shape index (κ3) is 7.24. The van der Waals surface area contributed by atoms with Crippen molar-refractivity contribution in [3.05, 3.63) is 0 Å². The summed E-state index contributed by atoms with van der Waals surface area (Å²) in [4.78, 5) is 0. The molecule has 0 aliphatic carbocycles. The summed E-state index contributed by atoms with van der Waals surface area (Å²) in [5.74, 6) is 0. The Morgan fingerprint density at radius 1 is 0.652 bits per heavy atom. The number of hydrogen-bond acceptors (Lipinski definition) is 10. The molecule has 0 unspecified atom stereocenters. The van der Waals surface area contributed by atoms with E-state index in [0.29, 0.717) is 6.61 Å². The topological polar surface area (TPSA) is 83.1 Å². The van der Waals surface area contributed by atoms with Gasteiger partial charge < -0.3 is 40.1 Å². The lowest BCUT2D eigenvalue weighted by Gasteiger charge is -2.30. The molecule has 0 aromatic carbocycles. The average Bonchev–Trinajstić information content (AvgIpc) is 2.59. The van der Waals surface area contributed by atoms with Gasteiger partial charge in [-0.2, -0.15) is 0 Å². The van der Waals surface area contributed by atoms with Crippen LogP contribution in [0.1, 0.15) is 6.92 Å². The minimum Gasteiger partial charge on any atom is -0.375 e. The molecule has 0 spiro atoms. The molecule has 0 atom stereocenters. The molecule has 0 aromatic rings. The van der Waals surface area contributed by atoms with Crippen LogP contribution in [0.3, 0.4) is 0 Å². The summed E-state index contributed by atoms with van der Waals surface area (Å²) in [6.45, 7) is -0.962. The highest BCUT2D eigenvalue weighted by Crippen LogP contribution is 2.50. The smallest absolute Gasteiger partial charge is 0.375 e. The van der Waals surface area contributed by atoms with Crippen molar-refractivity contribution in [3.8, 4) is 0 Å². The predicted molar refractivity (Wildman–Crippen MR) is 91.4 cm³/mol. The molecule has 0 saturated carbocycles. The monoisotopic (exact) mass is 410 g/mol. The largest absolute Gasteiger partial charge is 0.527 e. The van der Waals surface area contributed by atoms with E-state index in [0.717, 1.165) is 0 Å². The van der Waals surface area contributed by atoms with Gasteiger partial charge in [-0.3, -0.25) is 0 Å². The predicted octanol–water partition coefficient (Wildman–Crippen LogP) is 1.12. The van der Waals surface area contributed by atoms with E-state index in [1.807, 2.05) is 0 Å². The summed E-state index contributed by atoms with van der Waals surface area (Å²) >= 11 is 5.38. The van der Waals surface area contributed by atoms with Gasteiger partial charge >= 0.3 is 24.3 Å². The maximum absolute atomic E-state index is 5.66. The second kappa shape index (κ2) is 11.4. The molecule has 13 heteroatoms. The minimum absolute atomic E-state index is 0.00468. The summed E-state index contributed by atoms with van der Waals surface area (Å²) in [7, 11) is 2.95. The van der Waals surface area contributed by atoms with Crippen molar-refractivity contribution in [2.24, 2.45) is 0 Å². The minimum atomic E-state index is -3.07. The molecule has 140 valence electrons. The first kappa shape index (κ1) is 23.7. The third-order valence-electron chi connectivity index (χ3n) is 2.95. The zero-order valence-electron chi connectivity index (χ0n) is 14.7. The van der Waals surface area contributed by atoms with Gasteiger partial charge in [-0.05, 0) is 18.7 Å². The normalized spacial score (nSPS) is 13.5. The van der Waals surface area contributed by atoms with Gasteiger partial charge in [-0.15, -0.1) is 0 Å². The van der Waals surface area contributed by atoms with Crippen molar-refractivity contribution in [3.63, 3.8) is 0 Å². The van der Waals surface area contributed by atoms with Gasteiger partial charge in [0.05, 0.1) is 6.61 Å². The SMILES string of the molecule is CCOP(=S)(OC[Si](OC)(OC)OC)OC[Si](OC)(OC)OC. The molecule has 0 fully saturated rings. The highest BCUT2D eigenvalue weighted by Gasteiger charge is 2.44. The maximum Gasteiger partial charge on any atom is 0.527 e. The van der Waals surface area contributed by atoms with Crippen LogP contribution in [0.15, 0.2) is 0 Å². The Bertz CT molecular complexity index is 324. The Kier molecular flexibility index (Phi) is 11.7. The second-order valence-corrected chi connectivity index (χ2v) is 12.8. The van der Waals surface area contributed by atoms with E-state index in [1.165, 1.54) is 42.7 Å². The molecule has 0 bridgehead atoms. The average molecular weight is 411 g/mol. The lowest BCUT2D eigenvalue weighted by molar-refractivity contribution is 0.0764. The van der Waals surface area contributed by atoms with Crippen molar-refractivity contribution >= 4 is 36.1 Å². The van der Waals surface area contributed by atoms with E-state index in [-0.39, 0.29) is 12.5 Å². The summed E-state index contributed by atoms with van der Waals surface area (Å²) in [5, 5.41) is 0. The zero-order chi connectivity index (χ0) is 18.0. The first-order chi connectivity index (χ1) is 10.8. The van der Waals surface area contributed by atoms with Gasteiger partial charge in [0.1, 0.15) is 12.5 Å². The fraction of sp³-hybridized carbons (Fsp3) is 1.00. The van der Waals surface area contributed by atoms with Crippen LogP contribution in [0.4, 0.5) is 0 Å². The van der Waals surface area contributed by atoms with Crippen LogP contribution in [0.5, 0.6) is 0 Å². The Labute approximate surface area is 145 Å². The van der Waals surface area contributed by atoms with E-state index in [1.54, 1.807) is 6.92 Å². The Morgan fingerprint density at radius 2 is 0.957 bits per heavy atom. The highest BCUT2D eigenvalue weighted by atomic mass is 32.5. The lowest BCUT2D eigenvalue weighted by Crippen LogP contribution is -2.49. The molecule has 0 rings (SSSR count). The van der Waals surface area contributed by atoms with Gasteiger partial charge in [0.2, 0.25) is 0 Å². The summed E-state index contributed by atoms with van der Waals surface area (Å²) in [5.41, 5.74) is 0. The van der Waals surface area contributed by atoms with E-state index in [9.17, 15) is 0 Å². The number of rotatable bonds is 14. The Hall–Kier alpha value is 0.724. The molecular weight excluding hydrogens is 383 g/mol. The standard InChI is InChI=1S/C10H27O9PSSi2/c1-8-17-20(21,18-9-22(11-2,12-3)13-4)19-10-23(14-5,15-6)16-7/h8-10H2,1-7H3. The molecule has 23 heavy (non-hydrogen) atoms. The van der Waals surface area contributed by atoms with Gasteiger partial charge in [0, 0.05) is 42.7 Å². The second-order valence-electron chi connectivity index (χ2n) is 4.00. The molecule has 0 aliphatic heterocycles. The fourth-order valence-corrected chi connectivity index (χ4v) is 7.48. The number of hydrogen-bond donors (Lipinski definition) is 0. The van der Waals surface area contributed by atoms with Crippen molar-refractivity contribution in [1.29, 1.82) is 0 Å². The molecule has 0 aromatic heterocycles. The van der Waals surface area contributed by atoms with Crippen LogP contribution in [0.25, 0.3) is 0 Å². The van der Waals surface area contributed by atoms with Crippen molar-refractivity contribution in [2.75, 3.05) is 61.7 Å². The molecule has 0 N–H and O–H groups in total. The zero-order valence-corrected chi connectivity index (χ0v) is 18.4. The van der Waals surface area contributed by atoms with E-state index in [2.05, 4.69) is 0 Å². The van der Waals surface area contributed by atoms with Gasteiger partial charge in [-0.1, -0.05) is 0 Å². The molecule has 0 radical (unpaired) electrons. The Morgan fingerprint density at radius 3 is 1.17 bits per heavy atom. The summed E-state index contributed by atoms with van der Waals surface area (Å²) in [6.07, 6.45) is -0.00937. The van der Waals surface area contributed by atoms with Crippen molar-refractivity contribution in [1.82, 2.24) is 0 Å². The lowest BCUT2D eigenvalue weighted by atomic mass is 10.9. The molecular formula is C10H27O9PSSi2.